The lowest BCUT2D eigenvalue weighted by molar-refractivity contribution is 1.15. The van der Waals surface area contributed by atoms with E-state index in [1.54, 1.807) is 12.4 Å². The third-order valence-electron chi connectivity index (χ3n) is 5.49. The molecule has 5 rings (SSSR count). The van der Waals surface area contributed by atoms with Gasteiger partial charge >= 0.3 is 0 Å². The van der Waals surface area contributed by atoms with Gasteiger partial charge in [-0.3, -0.25) is 4.98 Å². The number of nitrogens with zero attached hydrogens (tertiary/aromatic N) is 4. The molecule has 2 heterocycles. The topological polar surface area (TPSA) is 65.4 Å². The summed E-state index contributed by atoms with van der Waals surface area (Å²) in [6, 6.07) is 26.4. The van der Waals surface area contributed by atoms with Gasteiger partial charge in [0.05, 0.1) is 34.3 Å². The van der Waals surface area contributed by atoms with Crippen molar-refractivity contribution >= 4 is 21.8 Å². The lowest BCUT2D eigenvalue weighted by Crippen LogP contribution is -2.00. The molecular formula is C26H16N4. The molecule has 0 fully saturated rings. The van der Waals surface area contributed by atoms with Crippen molar-refractivity contribution in [2.75, 3.05) is 0 Å². The van der Waals surface area contributed by atoms with Gasteiger partial charge in [-0.05, 0) is 60.5 Å². The number of hydrogen-bond donors (Lipinski definition) is 0. The van der Waals surface area contributed by atoms with Crippen LogP contribution < -0.4 is 0 Å². The highest BCUT2D eigenvalue weighted by Crippen LogP contribution is 2.36. The molecule has 0 saturated carbocycles. The molecule has 0 N–H and O–H groups in total. The Kier molecular flexibility index (Phi) is 4.05. The molecule has 4 heteroatoms. The summed E-state index contributed by atoms with van der Waals surface area (Å²) in [4.78, 5) is 4.10. The van der Waals surface area contributed by atoms with E-state index in [4.69, 9.17) is 0 Å². The first-order valence-corrected chi connectivity index (χ1v) is 9.60. The van der Waals surface area contributed by atoms with E-state index < -0.39 is 0 Å². The van der Waals surface area contributed by atoms with Gasteiger partial charge in [0.2, 0.25) is 0 Å². The van der Waals surface area contributed by atoms with Crippen molar-refractivity contribution in [2.45, 2.75) is 6.92 Å². The number of para-hydroxylation sites is 1. The van der Waals surface area contributed by atoms with E-state index in [0.717, 1.165) is 44.2 Å². The van der Waals surface area contributed by atoms with Gasteiger partial charge in [0.15, 0.2) is 0 Å². The number of aromatic nitrogens is 2. The van der Waals surface area contributed by atoms with E-state index in [9.17, 15) is 10.5 Å². The quantitative estimate of drug-likeness (QED) is 0.381. The van der Waals surface area contributed by atoms with Gasteiger partial charge in [-0.2, -0.15) is 10.5 Å². The summed E-state index contributed by atoms with van der Waals surface area (Å²) in [6.07, 6.45) is 3.46. The Morgan fingerprint density at radius 3 is 2.33 bits per heavy atom. The Balaban J connectivity index is 1.91. The molecule has 140 valence electrons. The van der Waals surface area contributed by atoms with Crippen LogP contribution in [-0.2, 0) is 0 Å². The van der Waals surface area contributed by atoms with Crippen molar-refractivity contribution in [1.29, 1.82) is 10.5 Å². The Hall–Kier alpha value is -4.41. The van der Waals surface area contributed by atoms with E-state index in [-0.39, 0.29) is 0 Å². The van der Waals surface area contributed by atoms with Crippen molar-refractivity contribution in [3.63, 3.8) is 0 Å². The summed E-state index contributed by atoms with van der Waals surface area (Å²) in [7, 11) is 0. The fourth-order valence-corrected chi connectivity index (χ4v) is 4.10. The van der Waals surface area contributed by atoms with Crippen LogP contribution in [0.2, 0.25) is 0 Å². The molecule has 0 radical (unpaired) electrons. The minimum absolute atomic E-state index is 0.618. The van der Waals surface area contributed by atoms with E-state index in [2.05, 4.69) is 39.9 Å². The number of benzene rings is 3. The van der Waals surface area contributed by atoms with Crippen molar-refractivity contribution in [3.8, 4) is 29.0 Å². The van der Waals surface area contributed by atoms with Gasteiger partial charge in [0, 0.05) is 34.4 Å². The maximum Gasteiger partial charge on any atom is 0.0998 e. The fourth-order valence-electron chi connectivity index (χ4n) is 4.10. The highest BCUT2D eigenvalue weighted by atomic mass is 15.0. The molecule has 2 aromatic heterocycles. The molecule has 0 aliphatic carbocycles. The van der Waals surface area contributed by atoms with Gasteiger partial charge in [-0.15, -0.1) is 0 Å². The summed E-state index contributed by atoms with van der Waals surface area (Å²) in [5, 5.41) is 21.4. The molecule has 0 aliphatic rings. The van der Waals surface area contributed by atoms with Crippen LogP contribution in [0.5, 0.6) is 0 Å². The van der Waals surface area contributed by atoms with Crippen LogP contribution in [0.3, 0.4) is 0 Å². The average Bonchev–Trinajstić information content (AvgIpc) is 3.13. The SMILES string of the molecule is Cc1cc(C#N)c(-c2ccncc2)cc1-n1c2ccccc2c2ccc(C#N)cc21. The minimum atomic E-state index is 0.618. The lowest BCUT2D eigenvalue weighted by Gasteiger charge is -2.15. The molecule has 0 bridgehead atoms. The first-order chi connectivity index (χ1) is 14.7. The molecule has 0 aliphatic heterocycles. The maximum atomic E-state index is 9.73. The zero-order valence-corrected chi connectivity index (χ0v) is 16.3. The van der Waals surface area contributed by atoms with Crippen LogP contribution >= 0.6 is 0 Å². The van der Waals surface area contributed by atoms with Crippen LogP contribution in [0.15, 0.2) is 79.1 Å². The highest BCUT2D eigenvalue weighted by Gasteiger charge is 2.16. The number of nitriles is 2. The van der Waals surface area contributed by atoms with Crippen LogP contribution in [0.4, 0.5) is 0 Å². The average molecular weight is 384 g/mol. The predicted octanol–water partition coefficient (Wildman–Crippen LogP) is 5.90. The van der Waals surface area contributed by atoms with Crippen molar-refractivity contribution in [1.82, 2.24) is 9.55 Å². The number of hydrogen-bond acceptors (Lipinski definition) is 3. The Labute approximate surface area is 173 Å². The molecule has 0 amide bonds. The van der Waals surface area contributed by atoms with Gasteiger partial charge in [0.1, 0.15) is 0 Å². The van der Waals surface area contributed by atoms with E-state index >= 15 is 0 Å². The first kappa shape index (κ1) is 17.7. The van der Waals surface area contributed by atoms with Gasteiger partial charge < -0.3 is 4.57 Å². The smallest absolute Gasteiger partial charge is 0.0998 e. The number of fused-ring (bicyclic) bond motifs is 3. The van der Waals surface area contributed by atoms with Gasteiger partial charge in [-0.1, -0.05) is 24.3 Å². The summed E-state index contributed by atoms with van der Waals surface area (Å²) >= 11 is 0. The Bertz CT molecular complexity index is 1510. The zero-order chi connectivity index (χ0) is 20.7. The molecule has 0 unspecified atom stereocenters. The minimum Gasteiger partial charge on any atom is -0.309 e. The maximum absolute atomic E-state index is 9.73. The van der Waals surface area contributed by atoms with E-state index in [0.29, 0.717) is 11.1 Å². The third kappa shape index (κ3) is 2.64. The van der Waals surface area contributed by atoms with E-state index in [1.165, 1.54) is 0 Å². The normalized spacial score (nSPS) is 10.8. The molecule has 3 aromatic carbocycles. The standard InChI is InChI=1S/C26H16N4/c1-17-12-20(16-28)23(19-8-10-29-11-9-19)14-25(17)30-24-5-3-2-4-21(24)22-7-6-18(15-27)13-26(22)30/h2-14H,1H3. The molecule has 4 nitrogen and oxygen atoms in total. The van der Waals surface area contributed by atoms with Crippen LogP contribution in [0, 0.1) is 29.6 Å². The summed E-state index contributed by atoms with van der Waals surface area (Å²) in [6.45, 7) is 2.02. The second-order valence-corrected chi connectivity index (χ2v) is 7.23. The van der Waals surface area contributed by atoms with Crippen molar-refractivity contribution < 1.29 is 0 Å². The van der Waals surface area contributed by atoms with Gasteiger partial charge in [-0.25, -0.2) is 0 Å². The first-order valence-electron chi connectivity index (χ1n) is 9.60. The highest BCUT2D eigenvalue weighted by molar-refractivity contribution is 6.09. The molecule has 0 atom stereocenters. The fraction of sp³-hybridized carbons (Fsp3) is 0.0385. The summed E-state index contributed by atoms with van der Waals surface area (Å²) < 4.78 is 2.19. The number of rotatable bonds is 2. The molecule has 0 saturated heterocycles. The number of pyridine rings is 1. The predicted molar refractivity (Wildman–Crippen MR) is 118 cm³/mol. The molecular weight excluding hydrogens is 368 g/mol. The van der Waals surface area contributed by atoms with Crippen LogP contribution in [0.25, 0.3) is 38.6 Å². The Morgan fingerprint density at radius 2 is 1.57 bits per heavy atom. The van der Waals surface area contributed by atoms with Crippen LogP contribution in [0.1, 0.15) is 16.7 Å². The van der Waals surface area contributed by atoms with Crippen LogP contribution in [-0.4, -0.2) is 9.55 Å². The zero-order valence-electron chi connectivity index (χ0n) is 16.3. The lowest BCUT2D eigenvalue weighted by atomic mass is 9.97. The van der Waals surface area contributed by atoms with Gasteiger partial charge in [0.25, 0.3) is 0 Å². The molecule has 5 aromatic rings. The van der Waals surface area contributed by atoms with Crippen molar-refractivity contribution in [3.05, 3.63) is 95.8 Å². The van der Waals surface area contributed by atoms with Crippen molar-refractivity contribution in [2.24, 2.45) is 0 Å². The second-order valence-electron chi connectivity index (χ2n) is 7.23. The second kappa shape index (κ2) is 6.88. The largest absolute Gasteiger partial charge is 0.309 e. The summed E-state index contributed by atoms with van der Waals surface area (Å²) in [5.41, 5.74) is 7.08. The monoisotopic (exact) mass is 384 g/mol. The summed E-state index contributed by atoms with van der Waals surface area (Å²) in [5.74, 6) is 0. The molecule has 30 heavy (non-hydrogen) atoms. The Morgan fingerprint density at radius 1 is 0.800 bits per heavy atom. The number of aryl methyl sites for hydroxylation is 1. The van der Waals surface area contributed by atoms with E-state index in [1.807, 2.05) is 55.5 Å². The molecule has 0 spiro atoms. The third-order valence-corrected chi connectivity index (χ3v) is 5.49.